The van der Waals surface area contributed by atoms with Crippen LogP contribution >= 0.6 is 11.6 Å². The number of carbonyl (C=O) groups is 3. The van der Waals surface area contributed by atoms with Crippen molar-refractivity contribution in [1.82, 2.24) is 15.8 Å². The van der Waals surface area contributed by atoms with Gasteiger partial charge in [-0.25, -0.2) is 4.79 Å². The normalized spacial score (nSPS) is 25.9. The molecule has 0 bridgehead atoms. The molecular formula is C17H20ClN3O4. The molecule has 1 aliphatic carbocycles. The van der Waals surface area contributed by atoms with Crippen LogP contribution in [0.1, 0.15) is 43.0 Å². The monoisotopic (exact) mass is 365 g/mol. The zero-order chi connectivity index (χ0) is 18.2. The van der Waals surface area contributed by atoms with Gasteiger partial charge in [0.2, 0.25) is 0 Å². The highest BCUT2D eigenvalue weighted by molar-refractivity contribution is 6.31. The SMILES string of the molecule is COc1ccc(Cl)cc1C(=O)NN1C(=O)NC2(CCC(C)CC2)C1=O. The van der Waals surface area contributed by atoms with Crippen LogP contribution in [0, 0.1) is 5.92 Å². The van der Waals surface area contributed by atoms with Crippen molar-refractivity contribution in [3.8, 4) is 5.75 Å². The van der Waals surface area contributed by atoms with Crippen LogP contribution in [0.5, 0.6) is 5.75 Å². The molecule has 134 valence electrons. The molecule has 2 fully saturated rings. The van der Waals surface area contributed by atoms with Crippen LogP contribution < -0.4 is 15.5 Å². The first-order valence-electron chi connectivity index (χ1n) is 8.17. The largest absolute Gasteiger partial charge is 0.496 e. The molecule has 0 unspecified atom stereocenters. The highest BCUT2D eigenvalue weighted by Crippen LogP contribution is 2.36. The number of hydrogen-bond donors (Lipinski definition) is 2. The number of methoxy groups -OCH3 is 1. The molecule has 1 spiro atoms. The maximum Gasteiger partial charge on any atom is 0.344 e. The number of imide groups is 1. The third-order valence-corrected chi connectivity index (χ3v) is 5.14. The maximum atomic E-state index is 12.8. The predicted octanol–water partition coefficient (Wildman–Crippen LogP) is 2.49. The molecule has 7 nitrogen and oxygen atoms in total. The second-order valence-corrected chi connectivity index (χ2v) is 7.06. The summed E-state index contributed by atoms with van der Waals surface area (Å²) >= 11 is 5.93. The Balaban J connectivity index is 1.79. The Morgan fingerprint density at radius 3 is 2.68 bits per heavy atom. The van der Waals surface area contributed by atoms with Crippen molar-refractivity contribution in [3.63, 3.8) is 0 Å². The van der Waals surface area contributed by atoms with E-state index < -0.39 is 23.4 Å². The van der Waals surface area contributed by atoms with Crippen LogP contribution in [-0.2, 0) is 4.79 Å². The molecule has 0 radical (unpaired) electrons. The number of ether oxygens (including phenoxy) is 1. The van der Waals surface area contributed by atoms with Gasteiger partial charge in [-0.2, -0.15) is 5.01 Å². The van der Waals surface area contributed by atoms with Crippen molar-refractivity contribution in [1.29, 1.82) is 0 Å². The topological polar surface area (TPSA) is 87.7 Å². The molecule has 0 atom stereocenters. The van der Waals surface area contributed by atoms with E-state index in [2.05, 4.69) is 17.7 Å². The number of hydrazine groups is 1. The molecule has 1 saturated heterocycles. The van der Waals surface area contributed by atoms with Gasteiger partial charge in [0.25, 0.3) is 11.8 Å². The van der Waals surface area contributed by atoms with E-state index in [1.807, 2.05) is 0 Å². The van der Waals surface area contributed by atoms with E-state index in [0.29, 0.717) is 29.5 Å². The van der Waals surface area contributed by atoms with Crippen molar-refractivity contribution in [2.75, 3.05) is 7.11 Å². The summed E-state index contributed by atoms with van der Waals surface area (Å²) < 4.78 is 5.14. The Bertz CT molecular complexity index is 729. The average Bonchev–Trinajstić information content (AvgIpc) is 2.82. The maximum absolute atomic E-state index is 12.8. The quantitative estimate of drug-likeness (QED) is 0.805. The lowest BCUT2D eigenvalue weighted by Gasteiger charge is -2.33. The van der Waals surface area contributed by atoms with E-state index in [-0.39, 0.29) is 5.56 Å². The van der Waals surface area contributed by atoms with Gasteiger partial charge in [-0.3, -0.25) is 15.0 Å². The van der Waals surface area contributed by atoms with Crippen molar-refractivity contribution in [2.24, 2.45) is 5.92 Å². The van der Waals surface area contributed by atoms with E-state index in [1.165, 1.54) is 13.2 Å². The molecule has 2 N–H and O–H groups in total. The number of halogens is 1. The fourth-order valence-corrected chi connectivity index (χ4v) is 3.51. The Morgan fingerprint density at radius 2 is 2.04 bits per heavy atom. The Morgan fingerprint density at radius 1 is 1.36 bits per heavy atom. The average molecular weight is 366 g/mol. The van der Waals surface area contributed by atoms with Gasteiger partial charge < -0.3 is 10.1 Å². The van der Waals surface area contributed by atoms with Crippen molar-refractivity contribution < 1.29 is 19.1 Å². The first-order chi connectivity index (χ1) is 11.9. The molecule has 8 heteroatoms. The minimum atomic E-state index is -0.907. The zero-order valence-electron chi connectivity index (χ0n) is 14.1. The number of hydrogen-bond acceptors (Lipinski definition) is 4. The van der Waals surface area contributed by atoms with Gasteiger partial charge in [0, 0.05) is 5.02 Å². The number of carbonyl (C=O) groups excluding carboxylic acids is 3. The summed E-state index contributed by atoms with van der Waals surface area (Å²) in [6.45, 7) is 2.12. The van der Waals surface area contributed by atoms with Crippen molar-refractivity contribution in [2.45, 2.75) is 38.1 Å². The summed E-state index contributed by atoms with van der Waals surface area (Å²) in [7, 11) is 1.42. The number of urea groups is 1. The predicted molar refractivity (Wildman–Crippen MR) is 91.2 cm³/mol. The van der Waals surface area contributed by atoms with E-state index >= 15 is 0 Å². The summed E-state index contributed by atoms with van der Waals surface area (Å²) in [5, 5.41) is 3.86. The molecule has 1 heterocycles. The Kier molecular flexibility index (Phi) is 4.60. The standard InChI is InChI=1S/C17H20ClN3O4/c1-10-5-7-17(8-6-10)15(23)21(16(24)19-17)20-14(22)12-9-11(18)3-4-13(12)25-2/h3-4,9-10H,5-8H2,1-2H3,(H,19,24)(H,20,22). The van der Waals surface area contributed by atoms with Crippen molar-refractivity contribution in [3.05, 3.63) is 28.8 Å². The van der Waals surface area contributed by atoms with Gasteiger partial charge in [-0.15, -0.1) is 0 Å². The van der Waals surface area contributed by atoms with Gasteiger partial charge in [0.05, 0.1) is 12.7 Å². The molecule has 0 aromatic heterocycles. The number of nitrogens with zero attached hydrogens (tertiary/aromatic N) is 1. The molecule has 1 aromatic rings. The van der Waals surface area contributed by atoms with Crippen molar-refractivity contribution >= 4 is 29.4 Å². The third kappa shape index (κ3) is 3.16. The first-order valence-corrected chi connectivity index (χ1v) is 8.55. The molecule has 25 heavy (non-hydrogen) atoms. The highest BCUT2D eigenvalue weighted by atomic mass is 35.5. The van der Waals surface area contributed by atoms with Gasteiger partial charge in [-0.05, 0) is 49.8 Å². The number of amides is 4. The summed E-state index contributed by atoms with van der Waals surface area (Å²) in [6.07, 6.45) is 2.86. The minimum Gasteiger partial charge on any atom is -0.496 e. The highest BCUT2D eigenvalue weighted by Gasteiger charge is 2.53. The number of benzene rings is 1. The lowest BCUT2D eigenvalue weighted by molar-refractivity contribution is -0.134. The zero-order valence-corrected chi connectivity index (χ0v) is 14.9. The van der Waals surface area contributed by atoms with Gasteiger partial charge >= 0.3 is 6.03 Å². The van der Waals surface area contributed by atoms with E-state index in [0.717, 1.165) is 17.9 Å². The lowest BCUT2D eigenvalue weighted by atomic mass is 9.77. The summed E-state index contributed by atoms with van der Waals surface area (Å²) in [5.41, 5.74) is 1.61. The summed E-state index contributed by atoms with van der Waals surface area (Å²) in [4.78, 5) is 37.5. The minimum absolute atomic E-state index is 0.147. The first kappa shape index (κ1) is 17.5. The molecule has 2 aliphatic rings. The fraction of sp³-hybridized carbons (Fsp3) is 0.471. The van der Waals surface area contributed by atoms with Gasteiger partial charge in [0.15, 0.2) is 0 Å². The van der Waals surface area contributed by atoms with Crippen LogP contribution in [0.15, 0.2) is 18.2 Å². The smallest absolute Gasteiger partial charge is 0.344 e. The molecule has 4 amide bonds. The van der Waals surface area contributed by atoms with Crippen LogP contribution in [0.3, 0.4) is 0 Å². The number of rotatable bonds is 3. The molecule has 3 rings (SSSR count). The molecule has 1 aromatic carbocycles. The van der Waals surface area contributed by atoms with Crippen LogP contribution in [0.2, 0.25) is 5.02 Å². The van der Waals surface area contributed by atoms with Gasteiger partial charge in [-0.1, -0.05) is 18.5 Å². The molecular weight excluding hydrogens is 346 g/mol. The van der Waals surface area contributed by atoms with Crippen LogP contribution in [-0.4, -0.2) is 35.5 Å². The second kappa shape index (κ2) is 6.55. The lowest BCUT2D eigenvalue weighted by Crippen LogP contribution is -2.51. The Hall–Kier alpha value is -2.28. The van der Waals surface area contributed by atoms with E-state index in [9.17, 15) is 14.4 Å². The summed E-state index contributed by atoms with van der Waals surface area (Å²) in [6, 6.07) is 3.94. The second-order valence-electron chi connectivity index (χ2n) is 6.62. The summed E-state index contributed by atoms with van der Waals surface area (Å²) in [5.74, 6) is -0.229. The molecule has 1 saturated carbocycles. The van der Waals surface area contributed by atoms with Crippen LogP contribution in [0.4, 0.5) is 4.79 Å². The third-order valence-electron chi connectivity index (χ3n) is 4.91. The number of nitrogens with one attached hydrogen (secondary N) is 2. The van der Waals surface area contributed by atoms with E-state index in [1.54, 1.807) is 12.1 Å². The van der Waals surface area contributed by atoms with Crippen LogP contribution in [0.25, 0.3) is 0 Å². The molecule has 1 aliphatic heterocycles. The Labute approximate surface area is 150 Å². The van der Waals surface area contributed by atoms with E-state index in [4.69, 9.17) is 16.3 Å². The fourth-order valence-electron chi connectivity index (χ4n) is 3.34. The van der Waals surface area contributed by atoms with Gasteiger partial charge in [0.1, 0.15) is 11.3 Å².